The van der Waals surface area contributed by atoms with Gasteiger partial charge >= 0.3 is 0 Å². The first-order valence-electron chi connectivity index (χ1n) is 6.05. The van der Waals surface area contributed by atoms with Gasteiger partial charge in [0, 0.05) is 6.54 Å². The van der Waals surface area contributed by atoms with E-state index < -0.39 is 0 Å². The van der Waals surface area contributed by atoms with Crippen molar-refractivity contribution in [3.8, 4) is 0 Å². The number of hydrogen-bond acceptors (Lipinski definition) is 3. The molecule has 1 saturated heterocycles. The summed E-state index contributed by atoms with van der Waals surface area (Å²) in [6.07, 6.45) is 8.69. The smallest absolute Gasteiger partial charge is 0.0996 e. The first kappa shape index (κ1) is 9.33. The summed E-state index contributed by atoms with van der Waals surface area (Å²) >= 11 is 0. The van der Waals surface area contributed by atoms with E-state index in [0.717, 1.165) is 24.7 Å². The summed E-state index contributed by atoms with van der Waals surface area (Å²) in [5.74, 6) is 0.874. The lowest BCUT2D eigenvalue weighted by atomic mass is 10.0. The lowest BCUT2D eigenvalue weighted by Crippen LogP contribution is -2.27. The van der Waals surface area contributed by atoms with Crippen LogP contribution in [0.25, 0.3) is 0 Å². The molecule has 0 spiro atoms. The molecule has 1 aromatic rings. The van der Waals surface area contributed by atoms with Gasteiger partial charge in [-0.05, 0) is 38.1 Å². The molecule has 1 unspecified atom stereocenters. The van der Waals surface area contributed by atoms with Crippen molar-refractivity contribution in [1.29, 1.82) is 0 Å². The number of nitrogens with zero attached hydrogens (tertiary/aromatic N) is 3. The Bertz CT molecular complexity index is 323. The molecule has 1 aliphatic heterocycles. The minimum Gasteiger partial charge on any atom is -0.309 e. The van der Waals surface area contributed by atoms with E-state index in [4.69, 9.17) is 0 Å². The van der Waals surface area contributed by atoms with Crippen LogP contribution in [-0.2, 0) is 6.54 Å². The van der Waals surface area contributed by atoms with Crippen molar-refractivity contribution in [2.45, 2.75) is 44.7 Å². The average Bonchev–Trinajstić information content (AvgIpc) is 2.96. The molecule has 2 heterocycles. The Hall–Kier alpha value is -0.900. The summed E-state index contributed by atoms with van der Waals surface area (Å²) in [6.45, 7) is 2.19. The van der Waals surface area contributed by atoms with Crippen molar-refractivity contribution in [2.75, 3.05) is 6.54 Å². The molecule has 15 heavy (non-hydrogen) atoms. The van der Waals surface area contributed by atoms with Gasteiger partial charge in [0.2, 0.25) is 0 Å². The number of nitrogens with one attached hydrogen (secondary N) is 1. The molecule has 2 aliphatic rings. The molecule has 0 aromatic carbocycles. The van der Waals surface area contributed by atoms with Gasteiger partial charge in [0.05, 0.1) is 17.9 Å². The lowest BCUT2D eigenvalue weighted by Gasteiger charge is -2.20. The van der Waals surface area contributed by atoms with E-state index in [1.807, 2.05) is 4.68 Å². The fourth-order valence-corrected chi connectivity index (χ4v) is 2.23. The predicted octanol–water partition coefficient (Wildman–Crippen LogP) is 1.50. The van der Waals surface area contributed by atoms with Crippen LogP contribution in [0.2, 0.25) is 0 Å². The molecule has 1 atom stereocenters. The van der Waals surface area contributed by atoms with Crippen LogP contribution >= 0.6 is 0 Å². The van der Waals surface area contributed by atoms with E-state index in [2.05, 4.69) is 21.8 Å². The van der Waals surface area contributed by atoms with Crippen molar-refractivity contribution < 1.29 is 0 Å². The van der Waals surface area contributed by atoms with Crippen LogP contribution in [-0.4, -0.2) is 21.5 Å². The number of rotatable bonds is 3. The summed E-state index contributed by atoms with van der Waals surface area (Å²) < 4.78 is 2.02. The third kappa shape index (κ3) is 2.20. The highest BCUT2D eigenvalue weighted by Gasteiger charge is 2.23. The van der Waals surface area contributed by atoms with E-state index in [1.165, 1.54) is 32.1 Å². The number of hydrogen-bond donors (Lipinski definition) is 1. The van der Waals surface area contributed by atoms with Gasteiger partial charge in [0.15, 0.2) is 0 Å². The highest BCUT2D eigenvalue weighted by Crippen LogP contribution is 2.30. The van der Waals surface area contributed by atoms with Crippen LogP contribution in [0.4, 0.5) is 0 Å². The van der Waals surface area contributed by atoms with Crippen LogP contribution in [0.15, 0.2) is 6.20 Å². The molecule has 0 amide bonds. The molecule has 2 fully saturated rings. The standard InChI is InChI=1S/C11H18N4/c1-2-6-12-10(3-1)11-8-15(14-13-11)7-9-4-5-9/h8-10,12H,1-7H2. The Labute approximate surface area is 90.0 Å². The van der Waals surface area contributed by atoms with Crippen molar-refractivity contribution in [2.24, 2.45) is 5.92 Å². The SMILES string of the molecule is c1c(C2CCCCN2)nnn1CC1CC1. The quantitative estimate of drug-likeness (QED) is 0.815. The molecule has 1 saturated carbocycles. The van der Waals surface area contributed by atoms with E-state index in [1.54, 1.807) is 0 Å². The summed E-state index contributed by atoms with van der Waals surface area (Å²) in [5, 5.41) is 12.0. The van der Waals surface area contributed by atoms with E-state index in [9.17, 15) is 0 Å². The Morgan fingerprint density at radius 2 is 2.27 bits per heavy atom. The van der Waals surface area contributed by atoms with Crippen LogP contribution in [0.1, 0.15) is 43.8 Å². The van der Waals surface area contributed by atoms with Gasteiger partial charge in [-0.1, -0.05) is 11.6 Å². The normalized spacial score (nSPS) is 26.8. The third-order valence-electron chi connectivity index (χ3n) is 3.37. The van der Waals surface area contributed by atoms with Gasteiger partial charge in [-0.15, -0.1) is 5.10 Å². The molecular weight excluding hydrogens is 188 g/mol. The van der Waals surface area contributed by atoms with Gasteiger partial charge in [0.25, 0.3) is 0 Å². The second-order valence-electron chi connectivity index (χ2n) is 4.81. The van der Waals surface area contributed by atoms with Gasteiger partial charge in [0.1, 0.15) is 0 Å². The molecule has 3 rings (SSSR count). The van der Waals surface area contributed by atoms with Crippen molar-refractivity contribution in [3.05, 3.63) is 11.9 Å². The van der Waals surface area contributed by atoms with Gasteiger partial charge < -0.3 is 5.32 Å². The monoisotopic (exact) mass is 206 g/mol. The molecule has 0 bridgehead atoms. The molecule has 0 radical (unpaired) electrons. The van der Waals surface area contributed by atoms with E-state index in [0.29, 0.717) is 6.04 Å². The second-order valence-corrected chi connectivity index (χ2v) is 4.81. The highest BCUT2D eigenvalue weighted by molar-refractivity contribution is 5.02. The topological polar surface area (TPSA) is 42.7 Å². The second kappa shape index (κ2) is 3.93. The first-order valence-corrected chi connectivity index (χ1v) is 6.05. The molecule has 1 aromatic heterocycles. The summed E-state index contributed by atoms with van der Waals surface area (Å²) in [7, 11) is 0. The molecule has 1 N–H and O–H groups in total. The average molecular weight is 206 g/mol. The first-order chi connectivity index (χ1) is 7.42. The fraction of sp³-hybridized carbons (Fsp3) is 0.818. The predicted molar refractivity (Wildman–Crippen MR) is 57.3 cm³/mol. The summed E-state index contributed by atoms with van der Waals surface area (Å²) in [5.41, 5.74) is 1.13. The largest absolute Gasteiger partial charge is 0.309 e. The summed E-state index contributed by atoms with van der Waals surface area (Å²) in [6, 6.07) is 0.451. The van der Waals surface area contributed by atoms with Crippen LogP contribution in [0, 0.1) is 5.92 Å². The van der Waals surface area contributed by atoms with Crippen LogP contribution in [0.5, 0.6) is 0 Å². The van der Waals surface area contributed by atoms with Gasteiger partial charge in [-0.2, -0.15) is 0 Å². The van der Waals surface area contributed by atoms with Gasteiger partial charge in [-0.25, -0.2) is 0 Å². The van der Waals surface area contributed by atoms with Crippen LogP contribution in [0.3, 0.4) is 0 Å². The minimum absolute atomic E-state index is 0.451. The Morgan fingerprint density at radius 3 is 3.00 bits per heavy atom. The zero-order chi connectivity index (χ0) is 10.1. The zero-order valence-corrected chi connectivity index (χ0v) is 9.02. The maximum absolute atomic E-state index is 4.27. The van der Waals surface area contributed by atoms with Crippen molar-refractivity contribution >= 4 is 0 Å². The highest BCUT2D eigenvalue weighted by atomic mass is 15.4. The third-order valence-corrected chi connectivity index (χ3v) is 3.37. The minimum atomic E-state index is 0.451. The molecule has 4 heteroatoms. The number of piperidine rings is 1. The Balaban J connectivity index is 1.65. The summed E-state index contributed by atoms with van der Waals surface area (Å²) in [4.78, 5) is 0. The molecular formula is C11H18N4. The fourth-order valence-electron chi connectivity index (χ4n) is 2.23. The maximum Gasteiger partial charge on any atom is 0.0996 e. The van der Waals surface area contributed by atoms with E-state index in [-0.39, 0.29) is 0 Å². The zero-order valence-electron chi connectivity index (χ0n) is 9.02. The van der Waals surface area contributed by atoms with Crippen molar-refractivity contribution in [1.82, 2.24) is 20.3 Å². The van der Waals surface area contributed by atoms with E-state index >= 15 is 0 Å². The Morgan fingerprint density at radius 1 is 1.33 bits per heavy atom. The van der Waals surface area contributed by atoms with Gasteiger partial charge in [-0.3, -0.25) is 4.68 Å². The maximum atomic E-state index is 4.27. The molecule has 4 nitrogen and oxygen atoms in total. The lowest BCUT2D eigenvalue weighted by molar-refractivity contribution is 0.405. The van der Waals surface area contributed by atoms with Crippen molar-refractivity contribution in [3.63, 3.8) is 0 Å². The number of aromatic nitrogens is 3. The molecule has 1 aliphatic carbocycles. The van der Waals surface area contributed by atoms with Crippen LogP contribution < -0.4 is 5.32 Å². The molecule has 82 valence electrons. The Kier molecular flexibility index (Phi) is 2.44.